The second kappa shape index (κ2) is 6.81. The van der Waals surface area contributed by atoms with E-state index in [-0.39, 0.29) is 11.4 Å². The number of aromatic amines is 1. The van der Waals surface area contributed by atoms with Gasteiger partial charge in [-0.2, -0.15) is 23.5 Å². The summed E-state index contributed by atoms with van der Waals surface area (Å²) in [6.45, 7) is 11.2. The van der Waals surface area contributed by atoms with E-state index in [0.717, 1.165) is 11.1 Å². The molecule has 0 bridgehead atoms. The van der Waals surface area contributed by atoms with Crippen LogP contribution in [0.5, 0.6) is 0 Å². The summed E-state index contributed by atoms with van der Waals surface area (Å²) in [5.41, 5.74) is 0.664. The largest absolute Gasteiger partial charge is 0.432 e. The van der Waals surface area contributed by atoms with Crippen LogP contribution >= 0.6 is 0 Å². The van der Waals surface area contributed by atoms with Crippen LogP contribution < -0.4 is 5.32 Å². The molecular weight excluding hydrogens is 355 g/mol. The molecule has 2 N–H and O–H groups in total. The van der Waals surface area contributed by atoms with Crippen molar-refractivity contribution in [3.63, 3.8) is 0 Å². The van der Waals surface area contributed by atoms with E-state index in [1.807, 2.05) is 6.92 Å². The summed E-state index contributed by atoms with van der Waals surface area (Å²) in [4.78, 5) is 3.50. The smallest absolute Gasteiger partial charge is 0.364 e. The molecule has 0 amide bonds. The minimum Gasteiger partial charge on any atom is -0.364 e. The van der Waals surface area contributed by atoms with Gasteiger partial charge in [0.05, 0.1) is 29.6 Å². The first-order valence-corrected chi connectivity index (χ1v) is 8.35. The Morgan fingerprint density at radius 1 is 1.37 bits per heavy atom. The molecule has 0 fully saturated rings. The topological polar surface area (TPSA) is 68.9 Å². The van der Waals surface area contributed by atoms with Crippen molar-refractivity contribution in [2.75, 3.05) is 0 Å². The van der Waals surface area contributed by atoms with Gasteiger partial charge in [0.25, 0.3) is 0 Å². The molecule has 5 nitrogen and oxygen atoms in total. The van der Waals surface area contributed by atoms with E-state index in [1.165, 1.54) is 0 Å². The Bertz CT molecular complexity index is 1040. The number of hydrogen-bond acceptors (Lipinski definition) is 3. The van der Waals surface area contributed by atoms with E-state index in [1.54, 1.807) is 31.2 Å². The van der Waals surface area contributed by atoms with E-state index < -0.39 is 23.4 Å². The van der Waals surface area contributed by atoms with Gasteiger partial charge in [0.1, 0.15) is 5.70 Å². The van der Waals surface area contributed by atoms with Crippen molar-refractivity contribution in [1.29, 1.82) is 5.26 Å². The third kappa shape index (κ3) is 3.15. The number of dihydropyridines is 1. The summed E-state index contributed by atoms with van der Waals surface area (Å²) in [5.74, 6) is -1.06. The number of hydrogen-bond donors (Lipinski definition) is 2. The lowest BCUT2D eigenvalue weighted by molar-refractivity contribution is -0.0970. The van der Waals surface area contributed by atoms with Crippen LogP contribution in [0.3, 0.4) is 0 Å². The first kappa shape index (κ1) is 18.5. The van der Waals surface area contributed by atoms with Crippen molar-refractivity contribution in [3.05, 3.63) is 63.5 Å². The number of nitrogens with one attached hydrogen (secondary N) is 2. The van der Waals surface area contributed by atoms with Crippen LogP contribution in [-0.2, 0) is 0 Å². The predicted molar refractivity (Wildman–Crippen MR) is 93.9 cm³/mol. The molecule has 1 unspecified atom stereocenters. The Labute approximate surface area is 154 Å². The van der Waals surface area contributed by atoms with Crippen molar-refractivity contribution in [1.82, 2.24) is 15.5 Å². The summed E-state index contributed by atoms with van der Waals surface area (Å²) in [5, 5.41) is 19.5. The third-order valence-corrected chi connectivity index (χ3v) is 4.54. The van der Waals surface area contributed by atoms with Gasteiger partial charge >= 0.3 is 6.18 Å². The molecule has 2 heterocycles. The van der Waals surface area contributed by atoms with Crippen molar-refractivity contribution in [2.24, 2.45) is 0 Å². The lowest BCUT2D eigenvalue weighted by Crippen LogP contribution is -2.33. The van der Waals surface area contributed by atoms with Gasteiger partial charge in [-0.25, -0.2) is 4.85 Å². The minimum absolute atomic E-state index is 0.127. The molecule has 0 saturated heterocycles. The first-order valence-electron chi connectivity index (χ1n) is 8.35. The number of nitriles is 1. The molecule has 3 rings (SSSR count). The quantitative estimate of drug-likeness (QED) is 0.760. The van der Waals surface area contributed by atoms with Crippen molar-refractivity contribution >= 4 is 10.9 Å². The summed E-state index contributed by atoms with van der Waals surface area (Å²) in [6, 6.07) is 6.69. The van der Waals surface area contributed by atoms with Crippen molar-refractivity contribution < 1.29 is 13.2 Å². The number of nitrogens with zero attached hydrogens (tertiary/aromatic N) is 3. The Balaban J connectivity index is 2.29. The molecule has 27 heavy (non-hydrogen) atoms. The van der Waals surface area contributed by atoms with E-state index >= 15 is 0 Å². The van der Waals surface area contributed by atoms with Gasteiger partial charge in [0.15, 0.2) is 5.70 Å². The van der Waals surface area contributed by atoms with Gasteiger partial charge in [0, 0.05) is 16.8 Å². The number of fused-ring (bicyclic) bond motifs is 1. The Hall–Kier alpha value is -3.26. The number of allylic oxidation sites excluding steroid dienone is 3. The molecule has 8 heteroatoms. The Kier molecular flexibility index (Phi) is 4.67. The maximum atomic E-state index is 13.6. The van der Waals surface area contributed by atoms with Crippen LogP contribution in [0.25, 0.3) is 15.7 Å². The zero-order chi connectivity index (χ0) is 19.8. The molecule has 1 aliphatic rings. The Morgan fingerprint density at radius 3 is 2.70 bits per heavy atom. The number of aryl methyl sites for hydroxylation is 1. The van der Waals surface area contributed by atoms with Crippen LogP contribution in [0.4, 0.5) is 13.2 Å². The molecule has 0 spiro atoms. The predicted octanol–water partition coefficient (Wildman–Crippen LogP) is 4.83. The summed E-state index contributed by atoms with van der Waals surface area (Å²) >= 11 is 0. The molecule has 0 radical (unpaired) electrons. The van der Waals surface area contributed by atoms with Crippen LogP contribution in [0.2, 0.25) is 0 Å². The minimum atomic E-state index is -4.72. The zero-order valence-electron chi connectivity index (χ0n) is 14.7. The Morgan fingerprint density at radius 2 is 2.11 bits per heavy atom. The standard InChI is InChI=1S/C19H16F3N5/c1-4-5-15-17(24-3)16(13(9-23)18(25-15)19(20,21)22)11-6-7-14-12(8-11)10(2)26-27-14/h6-8,16,25H,4-5H2,1-2H3,(H,26,27). The van der Waals surface area contributed by atoms with Gasteiger partial charge in [0.2, 0.25) is 0 Å². The molecule has 2 aromatic rings. The highest BCUT2D eigenvalue weighted by molar-refractivity contribution is 5.82. The normalized spacial score (nSPS) is 17.7. The molecule has 1 aromatic carbocycles. The van der Waals surface area contributed by atoms with Crippen LogP contribution in [0.1, 0.15) is 36.9 Å². The molecular formula is C19H16F3N5. The van der Waals surface area contributed by atoms with E-state index in [0.29, 0.717) is 23.9 Å². The number of aromatic nitrogens is 2. The lowest BCUT2D eigenvalue weighted by Gasteiger charge is -2.29. The fourth-order valence-corrected chi connectivity index (χ4v) is 3.31. The molecule has 1 atom stereocenters. The number of halogens is 3. The van der Waals surface area contributed by atoms with Gasteiger partial charge in [-0.3, -0.25) is 5.10 Å². The number of H-pyrrole nitrogens is 1. The second-order valence-electron chi connectivity index (χ2n) is 6.31. The van der Waals surface area contributed by atoms with Crippen molar-refractivity contribution in [2.45, 2.75) is 38.8 Å². The summed E-state index contributed by atoms with van der Waals surface area (Å²) in [6.07, 6.45) is -3.86. The average molecular weight is 371 g/mol. The monoisotopic (exact) mass is 371 g/mol. The SMILES string of the molecule is [C-]#[N+]C1=C(CCC)NC(C(F)(F)F)=C(C#N)C1c1ccc2n[nH]c(C)c2c1. The summed E-state index contributed by atoms with van der Waals surface area (Å²) in [7, 11) is 0. The zero-order valence-corrected chi connectivity index (χ0v) is 14.7. The van der Waals surface area contributed by atoms with Gasteiger partial charge in [-0.05, 0) is 31.0 Å². The molecule has 138 valence electrons. The van der Waals surface area contributed by atoms with E-state index in [2.05, 4.69) is 20.4 Å². The molecule has 0 saturated carbocycles. The van der Waals surface area contributed by atoms with Gasteiger partial charge in [-0.1, -0.05) is 19.4 Å². The maximum absolute atomic E-state index is 13.6. The highest BCUT2D eigenvalue weighted by Gasteiger charge is 2.43. The second-order valence-corrected chi connectivity index (χ2v) is 6.31. The van der Waals surface area contributed by atoms with Gasteiger partial charge < -0.3 is 5.32 Å². The average Bonchev–Trinajstić information content (AvgIpc) is 3.00. The van der Waals surface area contributed by atoms with E-state index in [9.17, 15) is 18.4 Å². The highest BCUT2D eigenvalue weighted by atomic mass is 19.4. The maximum Gasteiger partial charge on any atom is 0.432 e. The van der Waals surface area contributed by atoms with Crippen LogP contribution in [-0.4, -0.2) is 16.4 Å². The van der Waals surface area contributed by atoms with Crippen LogP contribution in [0, 0.1) is 24.8 Å². The van der Waals surface area contributed by atoms with Gasteiger partial charge in [-0.15, -0.1) is 0 Å². The van der Waals surface area contributed by atoms with Crippen LogP contribution in [0.15, 0.2) is 40.9 Å². The number of alkyl halides is 3. The summed E-state index contributed by atoms with van der Waals surface area (Å²) < 4.78 is 40.8. The molecule has 1 aromatic heterocycles. The molecule has 1 aliphatic heterocycles. The fourth-order valence-electron chi connectivity index (χ4n) is 3.31. The van der Waals surface area contributed by atoms with Crippen molar-refractivity contribution in [3.8, 4) is 6.07 Å². The first-order chi connectivity index (χ1) is 12.8. The highest BCUT2D eigenvalue weighted by Crippen LogP contribution is 2.44. The lowest BCUT2D eigenvalue weighted by atomic mass is 9.83. The number of benzene rings is 1. The number of rotatable bonds is 3. The fraction of sp³-hybridized carbons (Fsp3) is 0.316. The third-order valence-electron chi connectivity index (χ3n) is 4.54. The molecule has 0 aliphatic carbocycles. The van der Waals surface area contributed by atoms with E-state index in [4.69, 9.17) is 6.57 Å².